The molecule has 0 atom stereocenters. The zero-order valence-electron chi connectivity index (χ0n) is 11.1. The Kier molecular flexibility index (Phi) is 6.56. The molecule has 0 heterocycles. The van der Waals surface area contributed by atoms with Gasteiger partial charge in [-0.25, -0.2) is 0 Å². The minimum Gasteiger partial charge on any atom is -0.497 e. The predicted molar refractivity (Wildman–Crippen MR) is 77.5 cm³/mol. The molecule has 6 heteroatoms. The summed E-state index contributed by atoms with van der Waals surface area (Å²) in [6.45, 7) is 1.79. The third-order valence-corrected chi connectivity index (χ3v) is 3.29. The average Bonchev–Trinajstić information content (AvgIpc) is 2.36. The van der Waals surface area contributed by atoms with Gasteiger partial charge in [0.25, 0.3) is 0 Å². The van der Waals surface area contributed by atoms with Crippen LogP contribution in [0.4, 0.5) is 0 Å². The van der Waals surface area contributed by atoms with Crippen LogP contribution in [0.2, 0.25) is 0 Å². The van der Waals surface area contributed by atoms with Gasteiger partial charge < -0.3 is 19.7 Å². The lowest BCUT2D eigenvalue weighted by molar-refractivity contribution is 0.348. The zero-order chi connectivity index (χ0) is 13.5. The molecule has 1 rings (SSSR count). The van der Waals surface area contributed by atoms with Crippen molar-refractivity contribution in [1.29, 1.82) is 0 Å². The van der Waals surface area contributed by atoms with Crippen molar-refractivity contribution in [3.05, 3.63) is 23.8 Å². The highest BCUT2D eigenvalue weighted by Gasteiger charge is 2.17. The Hall–Kier alpha value is -0.685. The van der Waals surface area contributed by atoms with Crippen LogP contribution >= 0.6 is 11.8 Å². The number of methoxy groups -OCH3 is 1. The van der Waals surface area contributed by atoms with Crippen LogP contribution in [0.1, 0.15) is 5.56 Å². The molecule has 0 spiro atoms. The largest absolute Gasteiger partial charge is 0.497 e. The molecule has 1 aromatic carbocycles. The molecule has 1 aromatic rings. The summed E-state index contributed by atoms with van der Waals surface area (Å²) < 4.78 is 5.09. The smallest absolute Gasteiger partial charge is 0.492 e. The second-order valence-electron chi connectivity index (χ2n) is 4.18. The fourth-order valence-corrected chi connectivity index (χ4v) is 2.22. The van der Waals surface area contributed by atoms with Gasteiger partial charge in [-0.05, 0) is 24.9 Å². The normalized spacial score (nSPS) is 10.8. The van der Waals surface area contributed by atoms with E-state index in [2.05, 4.69) is 18.2 Å². The van der Waals surface area contributed by atoms with E-state index in [1.54, 1.807) is 12.1 Å². The van der Waals surface area contributed by atoms with E-state index in [1.807, 2.05) is 17.8 Å². The summed E-state index contributed by atoms with van der Waals surface area (Å²) >= 11 is 1.81. The number of benzene rings is 1. The predicted octanol–water partition coefficient (Wildman–Crippen LogP) is 0.170. The molecule has 0 saturated carbocycles. The first-order valence-electron chi connectivity index (χ1n) is 5.79. The second-order valence-corrected chi connectivity index (χ2v) is 5.17. The number of thioether (sulfide) groups is 1. The number of hydrogen-bond acceptors (Lipinski definition) is 5. The summed E-state index contributed by atoms with van der Waals surface area (Å²) in [5.41, 5.74) is 1.45. The molecule has 0 aliphatic rings. The lowest BCUT2D eigenvalue weighted by Crippen LogP contribution is -2.32. The van der Waals surface area contributed by atoms with Gasteiger partial charge in [-0.15, -0.1) is 0 Å². The Bertz CT molecular complexity index is 376. The number of hydrogen-bond donors (Lipinski definition) is 2. The zero-order valence-corrected chi connectivity index (χ0v) is 11.9. The molecule has 2 N–H and O–H groups in total. The van der Waals surface area contributed by atoms with Gasteiger partial charge >= 0.3 is 7.12 Å². The molecular weight excluding hydrogens is 249 g/mol. The van der Waals surface area contributed by atoms with Crippen LogP contribution in [-0.4, -0.2) is 54.8 Å². The molecule has 0 aromatic heterocycles. The molecule has 100 valence electrons. The van der Waals surface area contributed by atoms with Crippen molar-refractivity contribution in [1.82, 2.24) is 4.90 Å². The average molecular weight is 269 g/mol. The minimum atomic E-state index is -1.50. The molecule has 0 aliphatic carbocycles. The van der Waals surface area contributed by atoms with Gasteiger partial charge in [0.1, 0.15) is 5.75 Å². The van der Waals surface area contributed by atoms with E-state index in [9.17, 15) is 10.0 Å². The van der Waals surface area contributed by atoms with Gasteiger partial charge in [-0.2, -0.15) is 11.8 Å². The maximum absolute atomic E-state index is 9.29. The van der Waals surface area contributed by atoms with Crippen LogP contribution in [0.25, 0.3) is 0 Å². The van der Waals surface area contributed by atoms with Crippen LogP contribution in [0.3, 0.4) is 0 Å². The van der Waals surface area contributed by atoms with E-state index in [-0.39, 0.29) is 0 Å². The summed E-state index contributed by atoms with van der Waals surface area (Å²) in [5.74, 6) is 1.59. The summed E-state index contributed by atoms with van der Waals surface area (Å²) in [4.78, 5) is 2.20. The van der Waals surface area contributed by atoms with Crippen LogP contribution in [0, 0.1) is 0 Å². The van der Waals surface area contributed by atoms with Crippen molar-refractivity contribution in [3.63, 3.8) is 0 Å². The van der Waals surface area contributed by atoms with E-state index in [0.717, 1.165) is 24.4 Å². The summed E-state index contributed by atoms with van der Waals surface area (Å²) in [6, 6.07) is 5.49. The topological polar surface area (TPSA) is 52.9 Å². The molecule has 18 heavy (non-hydrogen) atoms. The fourth-order valence-electron chi connectivity index (χ4n) is 1.72. The van der Waals surface area contributed by atoms with Crippen LogP contribution in [0.5, 0.6) is 5.75 Å². The Morgan fingerprint density at radius 1 is 1.39 bits per heavy atom. The highest BCUT2D eigenvalue weighted by atomic mass is 32.2. The van der Waals surface area contributed by atoms with Crippen molar-refractivity contribution in [2.45, 2.75) is 6.54 Å². The Balaban J connectivity index is 2.75. The highest BCUT2D eigenvalue weighted by Crippen LogP contribution is 2.11. The van der Waals surface area contributed by atoms with Gasteiger partial charge in [-0.3, -0.25) is 0 Å². The molecule has 0 amide bonds. The van der Waals surface area contributed by atoms with Gasteiger partial charge in [-0.1, -0.05) is 12.1 Å². The molecule has 0 unspecified atom stereocenters. The molecule has 0 saturated heterocycles. The molecular formula is C12H20BNO3S. The first kappa shape index (κ1) is 15.4. The van der Waals surface area contributed by atoms with Gasteiger partial charge in [0.15, 0.2) is 0 Å². The van der Waals surface area contributed by atoms with Gasteiger partial charge in [0.05, 0.1) is 7.11 Å². The van der Waals surface area contributed by atoms with Crippen LogP contribution < -0.4 is 10.2 Å². The SMILES string of the molecule is COc1ccc(CN(C)CCSC)cc1B(O)O. The first-order chi connectivity index (χ1) is 8.58. The van der Waals surface area contributed by atoms with Crippen molar-refractivity contribution >= 4 is 24.3 Å². The van der Waals surface area contributed by atoms with E-state index in [1.165, 1.54) is 7.11 Å². The van der Waals surface area contributed by atoms with Crippen LogP contribution in [-0.2, 0) is 6.54 Å². The quantitative estimate of drug-likeness (QED) is 0.691. The van der Waals surface area contributed by atoms with E-state index >= 15 is 0 Å². The van der Waals surface area contributed by atoms with Crippen molar-refractivity contribution in [2.24, 2.45) is 0 Å². The van der Waals surface area contributed by atoms with Gasteiger partial charge in [0.2, 0.25) is 0 Å². The third-order valence-electron chi connectivity index (χ3n) is 2.70. The molecule has 0 radical (unpaired) electrons. The Labute approximate surface area is 113 Å². The number of nitrogens with zero attached hydrogens (tertiary/aromatic N) is 1. The molecule has 0 aliphatic heterocycles. The second kappa shape index (κ2) is 7.68. The fraction of sp³-hybridized carbons (Fsp3) is 0.500. The maximum Gasteiger partial charge on any atom is 0.492 e. The van der Waals surface area contributed by atoms with E-state index in [4.69, 9.17) is 4.74 Å². The molecule has 0 fully saturated rings. The summed E-state index contributed by atoms with van der Waals surface area (Å²) in [6.07, 6.45) is 2.08. The van der Waals surface area contributed by atoms with Crippen molar-refractivity contribution in [2.75, 3.05) is 32.7 Å². The summed E-state index contributed by atoms with van der Waals surface area (Å²) in [7, 11) is 2.07. The lowest BCUT2D eigenvalue weighted by Gasteiger charge is -2.17. The van der Waals surface area contributed by atoms with Gasteiger partial charge in [0, 0.05) is 24.3 Å². The lowest BCUT2D eigenvalue weighted by atomic mass is 9.78. The maximum atomic E-state index is 9.29. The van der Waals surface area contributed by atoms with Crippen molar-refractivity contribution in [3.8, 4) is 5.75 Å². The highest BCUT2D eigenvalue weighted by molar-refractivity contribution is 7.98. The van der Waals surface area contributed by atoms with Crippen LogP contribution in [0.15, 0.2) is 18.2 Å². The van der Waals surface area contributed by atoms with E-state index in [0.29, 0.717) is 11.2 Å². The minimum absolute atomic E-state index is 0.410. The molecule has 0 bridgehead atoms. The third kappa shape index (κ3) is 4.53. The number of rotatable bonds is 7. The van der Waals surface area contributed by atoms with Crippen molar-refractivity contribution < 1.29 is 14.8 Å². The first-order valence-corrected chi connectivity index (χ1v) is 7.18. The Morgan fingerprint density at radius 3 is 2.67 bits per heavy atom. The monoisotopic (exact) mass is 269 g/mol. The standard InChI is InChI=1S/C12H20BNO3S/c1-14(6-7-18-3)9-10-4-5-12(17-2)11(8-10)13(15)16/h4-5,8,15-16H,6-7,9H2,1-3H3. The van der Waals surface area contributed by atoms with E-state index < -0.39 is 7.12 Å². The summed E-state index contributed by atoms with van der Waals surface area (Å²) in [5, 5.41) is 18.6. The number of ether oxygens (including phenoxy) is 1. The molecule has 4 nitrogen and oxygen atoms in total. The Morgan fingerprint density at radius 2 is 2.11 bits per heavy atom.